The first kappa shape index (κ1) is 17.6. The number of ether oxygens (including phenoxy) is 1. The fourth-order valence-corrected chi connectivity index (χ4v) is 4.79. The van der Waals surface area contributed by atoms with Crippen LogP contribution in [0.15, 0.2) is 42.0 Å². The molecule has 4 rings (SSSR count). The summed E-state index contributed by atoms with van der Waals surface area (Å²) < 4.78 is 5.89. The van der Waals surface area contributed by atoms with E-state index in [0.717, 1.165) is 48.1 Å². The van der Waals surface area contributed by atoms with Crippen molar-refractivity contribution in [3.8, 4) is 11.8 Å². The van der Waals surface area contributed by atoms with E-state index in [1.54, 1.807) is 6.08 Å². The van der Waals surface area contributed by atoms with E-state index >= 15 is 0 Å². The molecule has 1 N–H and O–H groups in total. The standard InChI is InChI=1S/C22H20N2O2S/c1-14-15(12-16-6-2-4-8-19(16)26-14)10-11-21(25)24-22-18(13-23)17-7-3-5-9-20(17)27-22/h2,4,6,8,10-12,14H,3,5,7,9H2,1H3,(H,24,25)/b11-10+. The second-order valence-electron chi connectivity index (χ2n) is 6.79. The number of hydrogen-bond donors (Lipinski definition) is 1. The molecule has 4 nitrogen and oxygen atoms in total. The van der Waals surface area contributed by atoms with Crippen molar-refractivity contribution in [2.75, 3.05) is 5.32 Å². The smallest absolute Gasteiger partial charge is 0.249 e. The Kier molecular flexibility index (Phi) is 4.83. The van der Waals surface area contributed by atoms with Crippen LogP contribution in [0.4, 0.5) is 5.00 Å². The molecule has 2 aliphatic rings. The van der Waals surface area contributed by atoms with Crippen molar-refractivity contribution in [3.05, 3.63) is 63.6 Å². The third-order valence-electron chi connectivity index (χ3n) is 4.96. The number of aryl methyl sites for hydroxylation is 1. The molecule has 136 valence electrons. The van der Waals surface area contributed by atoms with Gasteiger partial charge in [0.2, 0.25) is 5.91 Å². The van der Waals surface area contributed by atoms with Crippen molar-refractivity contribution in [2.24, 2.45) is 0 Å². The van der Waals surface area contributed by atoms with E-state index < -0.39 is 0 Å². The zero-order valence-corrected chi connectivity index (χ0v) is 15.9. The lowest BCUT2D eigenvalue weighted by molar-refractivity contribution is -0.111. The molecule has 1 amide bonds. The van der Waals surface area contributed by atoms with E-state index in [1.807, 2.05) is 37.3 Å². The highest BCUT2D eigenvalue weighted by molar-refractivity contribution is 7.16. The molecule has 0 saturated heterocycles. The topological polar surface area (TPSA) is 62.1 Å². The number of thiophene rings is 1. The van der Waals surface area contributed by atoms with Gasteiger partial charge in [-0.25, -0.2) is 0 Å². The van der Waals surface area contributed by atoms with Gasteiger partial charge >= 0.3 is 0 Å². The van der Waals surface area contributed by atoms with Crippen molar-refractivity contribution < 1.29 is 9.53 Å². The number of hydrogen-bond acceptors (Lipinski definition) is 4. The zero-order valence-electron chi connectivity index (χ0n) is 15.1. The Balaban J connectivity index is 1.51. The van der Waals surface area contributed by atoms with Gasteiger partial charge in [-0.1, -0.05) is 18.2 Å². The lowest BCUT2D eigenvalue weighted by Crippen LogP contribution is -2.18. The first-order chi connectivity index (χ1) is 13.2. The van der Waals surface area contributed by atoms with Crippen molar-refractivity contribution in [3.63, 3.8) is 0 Å². The summed E-state index contributed by atoms with van der Waals surface area (Å²) in [6, 6.07) is 10.1. The molecule has 1 unspecified atom stereocenters. The average molecular weight is 376 g/mol. The Morgan fingerprint density at radius 1 is 1.33 bits per heavy atom. The summed E-state index contributed by atoms with van der Waals surface area (Å²) in [5, 5.41) is 13.1. The first-order valence-electron chi connectivity index (χ1n) is 9.16. The van der Waals surface area contributed by atoms with Gasteiger partial charge in [-0.2, -0.15) is 5.26 Å². The van der Waals surface area contributed by atoms with Crippen LogP contribution in [0.3, 0.4) is 0 Å². The predicted molar refractivity (Wildman–Crippen MR) is 108 cm³/mol. The number of anilines is 1. The van der Waals surface area contributed by atoms with Crippen LogP contribution in [0, 0.1) is 11.3 Å². The Bertz CT molecular complexity index is 994. The van der Waals surface area contributed by atoms with Crippen molar-refractivity contribution >= 4 is 28.3 Å². The maximum Gasteiger partial charge on any atom is 0.249 e. The van der Waals surface area contributed by atoms with Crippen molar-refractivity contribution in [1.82, 2.24) is 0 Å². The van der Waals surface area contributed by atoms with E-state index in [4.69, 9.17) is 4.74 Å². The summed E-state index contributed by atoms with van der Waals surface area (Å²) in [4.78, 5) is 13.7. The Morgan fingerprint density at radius 2 is 2.15 bits per heavy atom. The molecule has 1 aromatic carbocycles. The van der Waals surface area contributed by atoms with E-state index in [-0.39, 0.29) is 12.0 Å². The van der Waals surface area contributed by atoms with Gasteiger partial charge in [-0.05, 0) is 62.0 Å². The van der Waals surface area contributed by atoms with Crippen LogP contribution in [0.25, 0.3) is 6.08 Å². The number of amides is 1. The average Bonchev–Trinajstić information content (AvgIpc) is 3.03. The van der Waals surface area contributed by atoms with Gasteiger partial charge in [-0.15, -0.1) is 11.3 Å². The summed E-state index contributed by atoms with van der Waals surface area (Å²) >= 11 is 1.54. The van der Waals surface area contributed by atoms with E-state index in [9.17, 15) is 10.1 Å². The summed E-state index contributed by atoms with van der Waals surface area (Å²) in [6.07, 6.45) is 9.42. The normalized spacial score (nSPS) is 18.1. The van der Waals surface area contributed by atoms with Crippen LogP contribution < -0.4 is 10.1 Å². The summed E-state index contributed by atoms with van der Waals surface area (Å²) in [5.41, 5.74) is 3.71. The van der Waals surface area contributed by atoms with Crippen LogP contribution in [-0.2, 0) is 17.6 Å². The van der Waals surface area contributed by atoms with Gasteiger partial charge in [0.15, 0.2) is 0 Å². The number of carbonyl (C=O) groups excluding carboxylic acids is 1. The molecular weight excluding hydrogens is 356 g/mol. The number of nitriles is 1. The molecule has 2 heterocycles. The second kappa shape index (κ2) is 7.42. The molecule has 0 radical (unpaired) electrons. The van der Waals surface area contributed by atoms with Gasteiger partial charge in [0.05, 0.1) is 5.56 Å². The zero-order chi connectivity index (χ0) is 18.8. The molecule has 0 spiro atoms. The van der Waals surface area contributed by atoms with Crippen LogP contribution in [0.2, 0.25) is 0 Å². The highest BCUT2D eigenvalue weighted by atomic mass is 32.1. The number of carbonyl (C=O) groups is 1. The third-order valence-corrected chi connectivity index (χ3v) is 6.17. The van der Waals surface area contributed by atoms with E-state index in [0.29, 0.717) is 10.6 Å². The molecule has 0 fully saturated rings. The number of nitrogens with zero attached hydrogens (tertiary/aromatic N) is 1. The Labute approximate surface area is 162 Å². The number of para-hydroxylation sites is 1. The van der Waals surface area contributed by atoms with Crippen LogP contribution in [-0.4, -0.2) is 12.0 Å². The summed E-state index contributed by atoms with van der Waals surface area (Å²) in [7, 11) is 0. The van der Waals surface area contributed by atoms with Gasteiger partial charge in [0.25, 0.3) is 0 Å². The number of rotatable bonds is 3. The molecule has 1 aliphatic heterocycles. The monoisotopic (exact) mass is 376 g/mol. The maximum absolute atomic E-state index is 12.4. The van der Waals surface area contributed by atoms with Crippen LogP contribution >= 0.6 is 11.3 Å². The van der Waals surface area contributed by atoms with Gasteiger partial charge in [0, 0.05) is 16.5 Å². The minimum Gasteiger partial charge on any atom is -0.485 e. The lowest BCUT2D eigenvalue weighted by Gasteiger charge is -2.22. The lowest BCUT2D eigenvalue weighted by atomic mass is 9.96. The molecule has 2 aromatic rings. The Hall–Kier alpha value is -2.84. The van der Waals surface area contributed by atoms with Crippen LogP contribution in [0.1, 0.15) is 41.3 Å². The molecule has 0 bridgehead atoms. The summed E-state index contributed by atoms with van der Waals surface area (Å²) in [5.74, 6) is 0.631. The summed E-state index contributed by atoms with van der Waals surface area (Å²) in [6.45, 7) is 1.96. The van der Waals surface area contributed by atoms with Crippen molar-refractivity contribution in [1.29, 1.82) is 5.26 Å². The van der Waals surface area contributed by atoms with E-state index in [2.05, 4.69) is 11.4 Å². The molecule has 27 heavy (non-hydrogen) atoms. The Morgan fingerprint density at radius 3 is 3.00 bits per heavy atom. The molecule has 1 aromatic heterocycles. The van der Waals surface area contributed by atoms with Gasteiger partial charge < -0.3 is 10.1 Å². The highest BCUT2D eigenvalue weighted by Gasteiger charge is 2.21. The molecule has 1 aliphatic carbocycles. The minimum atomic E-state index is -0.225. The fraction of sp³-hybridized carbons (Fsp3) is 0.273. The second-order valence-corrected chi connectivity index (χ2v) is 7.90. The molecule has 0 saturated carbocycles. The SMILES string of the molecule is CC1Oc2ccccc2C=C1/C=C/C(=O)Nc1sc2c(c1C#N)CCCC2. The molecule has 1 atom stereocenters. The highest BCUT2D eigenvalue weighted by Crippen LogP contribution is 2.37. The van der Waals surface area contributed by atoms with Crippen LogP contribution in [0.5, 0.6) is 5.75 Å². The van der Waals surface area contributed by atoms with Crippen molar-refractivity contribution in [2.45, 2.75) is 38.7 Å². The molecule has 5 heteroatoms. The number of nitrogens with one attached hydrogen (secondary N) is 1. The predicted octanol–water partition coefficient (Wildman–Crippen LogP) is 4.86. The number of benzene rings is 1. The van der Waals surface area contributed by atoms with E-state index in [1.165, 1.54) is 22.3 Å². The largest absolute Gasteiger partial charge is 0.485 e. The van der Waals surface area contributed by atoms with Gasteiger partial charge in [-0.3, -0.25) is 4.79 Å². The first-order valence-corrected chi connectivity index (χ1v) is 9.98. The molecular formula is C22H20N2O2S. The van der Waals surface area contributed by atoms with Gasteiger partial charge in [0.1, 0.15) is 22.9 Å². The number of fused-ring (bicyclic) bond motifs is 2. The maximum atomic E-state index is 12.4. The fourth-order valence-electron chi connectivity index (χ4n) is 3.54. The minimum absolute atomic E-state index is 0.118. The third kappa shape index (κ3) is 3.54. The quantitative estimate of drug-likeness (QED) is 0.778.